The molecule has 0 heterocycles. The SMILES string of the molecule is Cl.N.c1ccc([PH](c2ccccc2)(c2ccccc2)c2ccccc2)cc1. The number of rotatable bonds is 4. The van der Waals surface area contributed by atoms with Crippen molar-refractivity contribution in [2.75, 3.05) is 0 Å². The van der Waals surface area contributed by atoms with Crippen LogP contribution in [-0.4, -0.2) is 0 Å². The molecular weight excluding hydrogens is 369 g/mol. The van der Waals surface area contributed by atoms with Gasteiger partial charge in [0.25, 0.3) is 0 Å². The maximum atomic E-state index is 2.29. The molecule has 3 N–H and O–H groups in total. The van der Waals surface area contributed by atoms with E-state index < -0.39 is 7.26 Å². The Morgan fingerprint density at radius 3 is 0.704 bits per heavy atom. The van der Waals surface area contributed by atoms with E-state index in [2.05, 4.69) is 121 Å². The molecule has 0 aliphatic heterocycles. The first-order valence-corrected chi connectivity index (χ1v) is 10.6. The van der Waals surface area contributed by atoms with Crippen LogP contribution >= 0.6 is 19.7 Å². The predicted octanol–water partition coefficient (Wildman–Crippen LogP) is 4.62. The zero-order chi connectivity index (χ0) is 17.0. The standard InChI is InChI=1S/C24H21P.ClH.H3N/c1-5-13-21(14-6-1)25(22-15-7-2-8-16-22,23-17-9-3-10-18-23)24-19-11-4-12-20-24;;/h1-20,25H;1H;1H3. The van der Waals surface area contributed by atoms with Crippen LogP contribution in [0, 0.1) is 0 Å². The van der Waals surface area contributed by atoms with Crippen LogP contribution in [-0.2, 0) is 0 Å². The Balaban J connectivity index is 0.00000131. The summed E-state index contributed by atoms with van der Waals surface area (Å²) in [4.78, 5) is 0. The van der Waals surface area contributed by atoms with E-state index in [1.165, 1.54) is 21.2 Å². The van der Waals surface area contributed by atoms with Crippen molar-refractivity contribution in [3.63, 3.8) is 0 Å². The Morgan fingerprint density at radius 1 is 0.333 bits per heavy atom. The molecular formula is C24H25ClNP. The predicted molar refractivity (Wildman–Crippen MR) is 125 cm³/mol. The van der Waals surface area contributed by atoms with Gasteiger partial charge in [0.15, 0.2) is 0 Å². The number of halogens is 1. The summed E-state index contributed by atoms with van der Waals surface area (Å²) in [5.74, 6) is 0. The monoisotopic (exact) mass is 393 g/mol. The quantitative estimate of drug-likeness (QED) is 0.504. The average molecular weight is 394 g/mol. The van der Waals surface area contributed by atoms with E-state index in [-0.39, 0.29) is 18.6 Å². The maximum absolute atomic E-state index is 2.30. The average Bonchev–Trinajstić information content (AvgIpc) is 2.72. The molecule has 1 nitrogen and oxygen atoms in total. The Kier molecular flexibility index (Phi) is 7.33. The van der Waals surface area contributed by atoms with Crippen LogP contribution in [0.2, 0.25) is 0 Å². The van der Waals surface area contributed by atoms with Crippen LogP contribution in [0.3, 0.4) is 0 Å². The zero-order valence-electron chi connectivity index (χ0n) is 15.2. The molecule has 0 saturated heterocycles. The van der Waals surface area contributed by atoms with Crippen LogP contribution < -0.4 is 27.4 Å². The summed E-state index contributed by atoms with van der Waals surface area (Å²) in [6.07, 6.45) is 0. The number of hydrogen-bond acceptors (Lipinski definition) is 1. The molecule has 0 aliphatic rings. The van der Waals surface area contributed by atoms with Gasteiger partial charge in [0.1, 0.15) is 0 Å². The van der Waals surface area contributed by atoms with Gasteiger partial charge in [-0.25, -0.2) is 0 Å². The van der Waals surface area contributed by atoms with Crippen molar-refractivity contribution in [2.45, 2.75) is 0 Å². The molecule has 0 spiro atoms. The van der Waals surface area contributed by atoms with Gasteiger partial charge >= 0.3 is 150 Å². The molecule has 0 aromatic heterocycles. The number of benzene rings is 4. The summed E-state index contributed by atoms with van der Waals surface area (Å²) in [6.45, 7) is 0. The van der Waals surface area contributed by atoms with Crippen molar-refractivity contribution >= 4 is 40.9 Å². The molecule has 0 bridgehead atoms. The van der Waals surface area contributed by atoms with Crippen LogP contribution in [0.1, 0.15) is 0 Å². The van der Waals surface area contributed by atoms with Crippen molar-refractivity contribution in [2.24, 2.45) is 0 Å². The summed E-state index contributed by atoms with van der Waals surface area (Å²) in [7, 11) is -2.30. The molecule has 0 aliphatic carbocycles. The molecule has 27 heavy (non-hydrogen) atoms. The first kappa shape index (κ1) is 20.9. The molecule has 4 aromatic rings. The van der Waals surface area contributed by atoms with Gasteiger partial charge in [0, 0.05) is 0 Å². The molecule has 4 rings (SSSR count). The van der Waals surface area contributed by atoms with Crippen LogP contribution in [0.4, 0.5) is 0 Å². The summed E-state index contributed by atoms with van der Waals surface area (Å²) in [6, 6.07) is 44.0. The molecule has 3 heteroatoms. The van der Waals surface area contributed by atoms with Crippen molar-refractivity contribution in [1.82, 2.24) is 6.15 Å². The first-order chi connectivity index (χ1) is 12.4. The molecule has 0 amide bonds. The van der Waals surface area contributed by atoms with Crippen molar-refractivity contribution in [1.29, 1.82) is 0 Å². The van der Waals surface area contributed by atoms with E-state index in [0.29, 0.717) is 0 Å². The van der Waals surface area contributed by atoms with Gasteiger partial charge < -0.3 is 6.15 Å². The molecule has 0 fully saturated rings. The minimum atomic E-state index is -2.30. The second-order valence-electron chi connectivity index (χ2n) is 6.21. The van der Waals surface area contributed by atoms with Gasteiger partial charge in [0.05, 0.1) is 0 Å². The fourth-order valence-electron chi connectivity index (χ4n) is 3.75. The van der Waals surface area contributed by atoms with Gasteiger partial charge in [-0.05, 0) is 0 Å². The van der Waals surface area contributed by atoms with Crippen molar-refractivity contribution in [3.8, 4) is 0 Å². The summed E-state index contributed by atoms with van der Waals surface area (Å²) < 4.78 is 0. The summed E-state index contributed by atoms with van der Waals surface area (Å²) in [5, 5.41) is 5.66. The van der Waals surface area contributed by atoms with Gasteiger partial charge in [0.2, 0.25) is 0 Å². The molecule has 0 saturated carbocycles. The van der Waals surface area contributed by atoms with Gasteiger partial charge in [-0.2, -0.15) is 0 Å². The van der Waals surface area contributed by atoms with Crippen molar-refractivity contribution < 1.29 is 0 Å². The normalized spacial score (nSPS) is 11.0. The van der Waals surface area contributed by atoms with E-state index >= 15 is 0 Å². The topological polar surface area (TPSA) is 35.0 Å². The van der Waals surface area contributed by atoms with Crippen molar-refractivity contribution in [3.05, 3.63) is 121 Å². The fraction of sp³-hybridized carbons (Fsp3) is 0. The molecule has 138 valence electrons. The Bertz CT molecular complexity index is 765. The van der Waals surface area contributed by atoms with Crippen LogP contribution in [0.25, 0.3) is 0 Å². The minimum absolute atomic E-state index is 0. The van der Waals surface area contributed by atoms with E-state index in [1.807, 2.05) is 0 Å². The molecule has 4 aromatic carbocycles. The second kappa shape index (κ2) is 9.48. The molecule has 0 radical (unpaired) electrons. The first-order valence-electron chi connectivity index (χ1n) is 8.64. The van der Waals surface area contributed by atoms with Gasteiger partial charge in [-0.3, -0.25) is 0 Å². The van der Waals surface area contributed by atoms with E-state index in [4.69, 9.17) is 0 Å². The summed E-state index contributed by atoms with van der Waals surface area (Å²) in [5.41, 5.74) is 0. The second-order valence-corrected chi connectivity index (χ2v) is 10.0. The third-order valence-electron chi connectivity index (χ3n) is 4.83. The Morgan fingerprint density at radius 2 is 0.519 bits per heavy atom. The van der Waals surface area contributed by atoms with Gasteiger partial charge in [-0.15, -0.1) is 12.4 Å². The Labute approximate surface area is 168 Å². The van der Waals surface area contributed by atoms with E-state index in [1.54, 1.807) is 0 Å². The third-order valence-corrected chi connectivity index (χ3v) is 9.62. The third kappa shape index (κ3) is 3.82. The fourth-order valence-corrected chi connectivity index (χ4v) is 8.52. The van der Waals surface area contributed by atoms with E-state index in [0.717, 1.165) is 0 Å². The van der Waals surface area contributed by atoms with Crippen LogP contribution in [0.5, 0.6) is 0 Å². The van der Waals surface area contributed by atoms with E-state index in [9.17, 15) is 0 Å². The Hall–Kier alpha value is -2.44. The zero-order valence-corrected chi connectivity index (χ0v) is 17.0. The molecule has 0 atom stereocenters. The summed E-state index contributed by atoms with van der Waals surface area (Å²) >= 11 is 0. The van der Waals surface area contributed by atoms with Crippen LogP contribution in [0.15, 0.2) is 121 Å². The molecule has 0 unspecified atom stereocenters. The van der Waals surface area contributed by atoms with Gasteiger partial charge in [-0.1, -0.05) is 0 Å². The number of hydrogen-bond donors (Lipinski definition) is 1.